The number of hydrogen-bond donors (Lipinski definition) is 1. The van der Waals surface area contributed by atoms with Gasteiger partial charge in [-0.1, -0.05) is 29.5 Å². The third kappa shape index (κ3) is 4.83. The molecule has 0 aliphatic rings. The second-order valence-corrected chi connectivity index (χ2v) is 7.78. The van der Waals surface area contributed by atoms with Crippen LogP contribution in [0.1, 0.15) is 11.1 Å². The van der Waals surface area contributed by atoms with E-state index in [4.69, 9.17) is 0 Å². The van der Waals surface area contributed by atoms with Crippen molar-refractivity contribution in [2.24, 2.45) is 0 Å². The molecule has 0 bridgehead atoms. The number of anilines is 1. The summed E-state index contributed by atoms with van der Waals surface area (Å²) in [5.41, 5.74) is 0.873. The quantitative estimate of drug-likeness (QED) is 0.430. The van der Waals surface area contributed by atoms with Crippen molar-refractivity contribution in [1.29, 1.82) is 0 Å². The van der Waals surface area contributed by atoms with Crippen LogP contribution in [0.2, 0.25) is 0 Å². The fourth-order valence-electron chi connectivity index (χ4n) is 2.96. The van der Waals surface area contributed by atoms with Crippen LogP contribution in [-0.4, -0.2) is 36.2 Å². The Hall–Kier alpha value is -3.60. The molecule has 0 fully saturated rings. The number of hydrogen-bond acceptors (Lipinski definition) is 5. The van der Waals surface area contributed by atoms with E-state index < -0.39 is 17.6 Å². The molecule has 4 aromatic rings. The summed E-state index contributed by atoms with van der Waals surface area (Å²) in [6.45, 7) is 1.97. The predicted molar refractivity (Wildman–Crippen MR) is 114 cm³/mol. The Labute approximate surface area is 185 Å². The molecule has 7 nitrogen and oxygen atoms in total. The Balaban J connectivity index is 1.48. The van der Waals surface area contributed by atoms with E-state index >= 15 is 0 Å². The largest absolute Gasteiger partial charge is 0.418 e. The molecular formula is C21H17F3N6OS. The van der Waals surface area contributed by atoms with Crippen molar-refractivity contribution in [3.63, 3.8) is 0 Å². The Kier molecular flexibility index (Phi) is 5.99. The minimum absolute atomic E-state index is 0.136. The lowest BCUT2D eigenvalue weighted by atomic mass is 10.1. The minimum Gasteiger partial charge on any atom is -0.325 e. The van der Waals surface area contributed by atoms with Gasteiger partial charge < -0.3 is 5.32 Å². The molecule has 2 aromatic heterocycles. The van der Waals surface area contributed by atoms with Crippen LogP contribution in [0.4, 0.5) is 18.9 Å². The third-order valence-corrected chi connectivity index (χ3v) is 5.46. The van der Waals surface area contributed by atoms with E-state index in [1.165, 1.54) is 35.5 Å². The summed E-state index contributed by atoms with van der Waals surface area (Å²) in [5, 5.41) is 14.6. The second-order valence-electron chi connectivity index (χ2n) is 6.83. The number of halogens is 3. The van der Waals surface area contributed by atoms with Crippen LogP contribution in [0.3, 0.4) is 0 Å². The molecule has 0 radical (unpaired) electrons. The number of amides is 1. The van der Waals surface area contributed by atoms with Gasteiger partial charge in [-0.25, -0.2) is 4.68 Å². The zero-order chi connectivity index (χ0) is 22.7. The average Bonchev–Trinajstić information content (AvgIpc) is 3.45. The highest BCUT2D eigenvalue weighted by molar-refractivity contribution is 7.99. The zero-order valence-corrected chi connectivity index (χ0v) is 17.6. The number of rotatable bonds is 6. The molecule has 2 aromatic carbocycles. The van der Waals surface area contributed by atoms with Crippen LogP contribution in [0, 0.1) is 6.92 Å². The molecule has 0 saturated heterocycles. The zero-order valence-electron chi connectivity index (χ0n) is 16.7. The first-order valence-electron chi connectivity index (χ1n) is 9.42. The van der Waals surface area contributed by atoms with Gasteiger partial charge in [0.25, 0.3) is 0 Å². The molecule has 1 amide bonds. The van der Waals surface area contributed by atoms with Crippen molar-refractivity contribution < 1.29 is 18.0 Å². The smallest absolute Gasteiger partial charge is 0.325 e. The van der Waals surface area contributed by atoms with Crippen molar-refractivity contribution in [3.05, 3.63) is 78.4 Å². The SMILES string of the molecule is Cc1ccc(-n2cnnc2SCC(=O)Nc2ccc(-n3cccn3)cc2C(F)(F)F)cc1. The average molecular weight is 458 g/mol. The number of aromatic nitrogens is 5. The van der Waals surface area contributed by atoms with E-state index in [1.807, 2.05) is 31.2 Å². The Morgan fingerprint density at radius 3 is 2.56 bits per heavy atom. The summed E-state index contributed by atoms with van der Waals surface area (Å²) < 4.78 is 43.8. The van der Waals surface area contributed by atoms with Crippen LogP contribution in [-0.2, 0) is 11.0 Å². The van der Waals surface area contributed by atoms with Gasteiger partial charge in [0, 0.05) is 18.1 Å². The molecule has 4 rings (SSSR count). The summed E-state index contributed by atoms with van der Waals surface area (Å²) in [6, 6.07) is 12.9. The molecule has 32 heavy (non-hydrogen) atoms. The summed E-state index contributed by atoms with van der Waals surface area (Å²) in [5.74, 6) is -0.728. The minimum atomic E-state index is -4.65. The van der Waals surface area contributed by atoms with E-state index in [0.29, 0.717) is 5.16 Å². The molecule has 0 spiro atoms. The molecular weight excluding hydrogens is 441 g/mol. The normalized spacial score (nSPS) is 11.5. The lowest BCUT2D eigenvalue weighted by molar-refractivity contribution is -0.137. The van der Waals surface area contributed by atoms with E-state index in [1.54, 1.807) is 10.6 Å². The first kappa shape index (κ1) is 21.6. The Morgan fingerprint density at radius 2 is 1.88 bits per heavy atom. The Bertz CT molecular complexity index is 1220. The number of benzene rings is 2. The first-order chi connectivity index (χ1) is 15.3. The molecule has 1 N–H and O–H groups in total. The van der Waals surface area contributed by atoms with Crippen molar-refractivity contribution in [3.8, 4) is 11.4 Å². The first-order valence-corrected chi connectivity index (χ1v) is 10.4. The van der Waals surface area contributed by atoms with Gasteiger partial charge in [0.05, 0.1) is 22.7 Å². The number of carbonyl (C=O) groups is 1. The van der Waals surface area contributed by atoms with Gasteiger partial charge >= 0.3 is 6.18 Å². The van der Waals surface area contributed by atoms with E-state index in [2.05, 4.69) is 20.6 Å². The van der Waals surface area contributed by atoms with Crippen LogP contribution in [0.5, 0.6) is 0 Å². The summed E-state index contributed by atoms with van der Waals surface area (Å²) >= 11 is 1.08. The van der Waals surface area contributed by atoms with Gasteiger partial charge in [0.15, 0.2) is 5.16 Å². The third-order valence-electron chi connectivity index (χ3n) is 4.51. The topological polar surface area (TPSA) is 77.6 Å². The number of thioether (sulfide) groups is 1. The van der Waals surface area contributed by atoms with Gasteiger partial charge in [-0.15, -0.1) is 10.2 Å². The van der Waals surface area contributed by atoms with Crippen molar-refractivity contribution in [2.75, 3.05) is 11.1 Å². The van der Waals surface area contributed by atoms with Crippen LogP contribution >= 0.6 is 11.8 Å². The van der Waals surface area contributed by atoms with Gasteiger partial charge in [0.1, 0.15) is 6.33 Å². The lowest BCUT2D eigenvalue weighted by Crippen LogP contribution is -2.19. The molecule has 0 aliphatic carbocycles. The summed E-state index contributed by atoms with van der Waals surface area (Å²) in [4.78, 5) is 12.4. The Morgan fingerprint density at radius 1 is 1.12 bits per heavy atom. The number of nitrogens with zero attached hydrogens (tertiary/aromatic N) is 5. The fraction of sp³-hybridized carbons (Fsp3) is 0.143. The van der Waals surface area contributed by atoms with Crippen LogP contribution in [0.15, 0.2) is 72.4 Å². The standard InChI is InChI=1S/C21H17F3N6OS/c1-14-3-5-15(6-4-14)29-13-25-28-20(29)32-12-19(31)27-18-8-7-16(30-10-2-9-26-30)11-17(18)21(22,23)24/h2-11,13H,12H2,1H3,(H,27,31). The second kappa shape index (κ2) is 8.87. The lowest BCUT2D eigenvalue weighted by Gasteiger charge is -2.15. The number of nitrogens with one attached hydrogen (secondary N) is 1. The van der Waals surface area contributed by atoms with E-state index in [0.717, 1.165) is 29.1 Å². The summed E-state index contributed by atoms with van der Waals surface area (Å²) in [6.07, 6.45) is -0.130. The molecule has 0 unspecified atom stereocenters. The highest BCUT2D eigenvalue weighted by Gasteiger charge is 2.34. The molecule has 11 heteroatoms. The highest BCUT2D eigenvalue weighted by atomic mass is 32.2. The maximum atomic E-state index is 13.6. The van der Waals surface area contributed by atoms with Gasteiger partial charge in [-0.3, -0.25) is 9.36 Å². The predicted octanol–water partition coefficient (Wildman–Crippen LogP) is 4.51. The number of aryl methyl sites for hydroxylation is 1. The summed E-state index contributed by atoms with van der Waals surface area (Å²) in [7, 11) is 0. The van der Waals surface area contributed by atoms with Gasteiger partial charge in [-0.2, -0.15) is 18.3 Å². The number of alkyl halides is 3. The van der Waals surface area contributed by atoms with E-state index in [-0.39, 0.29) is 17.1 Å². The fourth-order valence-corrected chi connectivity index (χ4v) is 3.69. The van der Waals surface area contributed by atoms with Gasteiger partial charge in [0.2, 0.25) is 5.91 Å². The monoisotopic (exact) mass is 458 g/mol. The molecule has 0 aliphatic heterocycles. The van der Waals surface area contributed by atoms with Crippen molar-refractivity contribution >= 4 is 23.4 Å². The van der Waals surface area contributed by atoms with Crippen molar-refractivity contribution in [2.45, 2.75) is 18.3 Å². The van der Waals surface area contributed by atoms with Crippen molar-refractivity contribution in [1.82, 2.24) is 24.5 Å². The molecule has 2 heterocycles. The highest BCUT2D eigenvalue weighted by Crippen LogP contribution is 2.36. The van der Waals surface area contributed by atoms with E-state index in [9.17, 15) is 18.0 Å². The molecule has 0 saturated carbocycles. The van der Waals surface area contributed by atoms with Gasteiger partial charge in [-0.05, 0) is 43.3 Å². The van der Waals surface area contributed by atoms with Crippen LogP contribution in [0.25, 0.3) is 11.4 Å². The maximum Gasteiger partial charge on any atom is 0.418 e. The molecule has 164 valence electrons. The maximum absolute atomic E-state index is 13.6. The molecule has 0 atom stereocenters. The number of carbonyl (C=O) groups excluding carboxylic acids is 1. The van der Waals surface area contributed by atoms with Crippen LogP contribution < -0.4 is 5.32 Å².